The van der Waals surface area contributed by atoms with E-state index in [1.807, 2.05) is 26.8 Å². The number of nitrogens with zero attached hydrogens (tertiary/aromatic N) is 1. The van der Waals surface area contributed by atoms with Crippen LogP contribution in [0.4, 0.5) is 4.79 Å². The van der Waals surface area contributed by atoms with E-state index in [0.29, 0.717) is 25.6 Å². The molecule has 1 fully saturated rings. The zero-order valence-electron chi connectivity index (χ0n) is 19.3. The number of rotatable bonds is 8. The number of ether oxygens (including phenoxy) is 2. The molecule has 2 atom stereocenters. The van der Waals surface area contributed by atoms with Crippen molar-refractivity contribution in [2.45, 2.75) is 58.7 Å². The number of halogens is 1. The van der Waals surface area contributed by atoms with E-state index in [1.165, 1.54) is 5.56 Å². The highest BCUT2D eigenvalue weighted by Crippen LogP contribution is 2.33. The number of hydrogen-bond acceptors (Lipinski definition) is 4. The van der Waals surface area contributed by atoms with Gasteiger partial charge in [-0.25, -0.2) is 4.79 Å². The molecular weight excluding hydrogens is 507 g/mol. The van der Waals surface area contributed by atoms with Gasteiger partial charge in [0.1, 0.15) is 5.60 Å². The van der Waals surface area contributed by atoms with Crippen LogP contribution in [0.3, 0.4) is 0 Å². The van der Waals surface area contributed by atoms with Crippen LogP contribution in [0, 0.1) is 5.92 Å². The summed E-state index contributed by atoms with van der Waals surface area (Å²) in [7, 11) is 0. The van der Waals surface area contributed by atoms with E-state index in [1.54, 1.807) is 0 Å². The molecule has 0 aliphatic carbocycles. The molecule has 0 radical (unpaired) electrons. The molecule has 3 N–H and O–H groups in total. The summed E-state index contributed by atoms with van der Waals surface area (Å²) >= 11 is 0. The van der Waals surface area contributed by atoms with Gasteiger partial charge in [0.2, 0.25) is 0 Å². The van der Waals surface area contributed by atoms with E-state index >= 15 is 0 Å². The van der Waals surface area contributed by atoms with Crippen LogP contribution in [-0.2, 0) is 9.47 Å². The van der Waals surface area contributed by atoms with Crippen molar-refractivity contribution in [1.82, 2.24) is 16.0 Å². The monoisotopic (exact) mass is 546 g/mol. The predicted molar refractivity (Wildman–Crippen MR) is 136 cm³/mol. The van der Waals surface area contributed by atoms with Crippen molar-refractivity contribution < 1.29 is 14.3 Å². The fourth-order valence-electron chi connectivity index (χ4n) is 3.39. The third-order valence-electron chi connectivity index (χ3n) is 4.72. The number of nitrogens with one attached hydrogen (secondary N) is 3. The van der Waals surface area contributed by atoms with Gasteiger partial charge in [0.25, 0.3) is 0 Å². The molecule has 0 aromatic heterocycles. The van der Waals surface area contributed by atoms with Gasteiger partial charge >= 0.3 is 6.09 Å². The van der Waals surface area contributed by atoms with Crippen molar-refractivity contribution in [3.05, 3.63) is 35.9 Å². The Bertz CT molecular complexity index is 665. The van der Waals surface area contributed by atoms with Crippen LogP contribution in [0.1, 0.15) is 58.6 Å². The zero-order chi connectivity index (χ0) is 21.8. The summed E-state index contributed by atoms with van der Waals surface area (Å²) in [6, 6.07) is 10.4. The number of aliphatic imine (C=N–C) groups is 1. The predicted octanol–water partition coefficient (Wildman–Crippen LogP) is 4.24. The third-order valence-corrected chi connectivity index (χ3v) is 4.72. The summed E-state index contributed by atoms with van der Waals surface area (Å²) in [5.41, 5.74) is 0.747. The second kappa shape index (κ2) is 14.5. The molecule has 1 aromatic carbocycles. The summed E-state index contributed by atoms with van der Waals surface area (Å²) in [5.74, 6) is 1.16. The van der Waals surface area contributed by atoms with E-state index in [0.717, 1.165) is 38.4 Å². The highest BCUT2D eigenvalue weighted by atomic mass is 127. The van der Waals surface area contributed by atoms with Crippen molar-refractivity contribution >= 4 is 36.0 Å². The molecule has 1 aromatic rings. The molecule has 2 rings (SSSR count). The summed E-state index contributed by atoms with van der Waals surface area (Å²) < 4.78 is 11.3. The molecule has 1 aliphatic rings. The Balaban J connectivity index is 0.00000480. The molecule has 31 heavy (non-hydrogen) atoms. The highest BCUT2D eigenvalue weighted by molar-refractivity contribution is 14.0. The molecule has 0 saturated carbocycles. The average molecular weight is 546 g/mol. The van der Waals surface area contributed by atoms with Gasteiger partial charge in [-0.2, -0.15) is 0 Å². The molecule has 1 aliphatic heterocycles. The van der Waals surface area contributed by atoms with Crippen LogP contribution in [0.2, 0.25) is 0 Å². The number of benzene rings is 1. The Morgan fingerprint density at radius 3 is 2.55 bits per heavy atom. The van der Waals surface area contributed by atoms with E-state index in [-0.39, 0.29) is 36.2 Å². The summed E-state index contributed by atoms with van der Waals surface area (Å²) in [6.07, 6.45) is 2.69. The minimum absolute atomic E-state index is 0. The molecule has 8 heteroatoms. The molecule has 1 heterocycles. The van der Waals surface area contributed by atoms with E-state index < -0.39 is 5.60 Å². The largest absolute Gasteiger partial charge is 0.444 e. The maximum absolute atomic E-state index is 11.7. The van der Waals surface area contributed by atoms with Crippen molar-refractivity contribution in [2.75, 3.05) is 32.8 Å². The zero-order valence-corrected chi connectivity index (χ0v) is 21.6. The van der Waals surface area contributed by atoms with Crippen LogP contribution >= 0.6 is 24.0 Å². The first-order valence-corrected chi connectivity index (χ1v) is 11.0. The summed E-state index contributed by atoms with van der Waals surface area (Å²) in [4.78, 5) is 16.5. The Hall–Kier alpha value is -1.55. The summed E-state index contributed by atoms with van der Waals surface area (Å²) in [5, 5.41) is 9.41. The Kier molecular flexibility index (Phi) is 12.9. The van der Waals surface area contributed by atoms with Gasteiger partial charge < -0.3 is 25.4 Å². The smallest absolute Gasteiger partial charge is 0.407 e. The first kappa shape index (κ1) is 27.5. The number of carbonyl (C=O) groups is 1. The molecule has 7 nitrogen and oxygen atoms in total. The van der Waals surface area contributed by atoms with Gasteiger partial charge in [0.15, 0.2) is 5.96 Å². The standard InChI is InChI=1S/C23H38N4O3.HI/c1-5-24-21(25-14-10-15-26-22(28)30-23(2,3)4)27-17-19-13-9-16-29-20(19)18-11-7-6-8-12-18;/h6-8,11-12,19-20H,5,9-10,13-17H2,1-4H3,(H,26,28)(H2,24,25,27);1H. The van der Waals surface area contributed by atoms with E-state index in [2.05, 4.69) is 47.1 Å². The van der Waals surface area contributed by atoms with E-state index in [9.17, 15) is 4.79 Å². The molecule has 176 valence electrons. The SMILES string of the molecule is CCNC(=NCC1CCCOC1c1ccccc1)NCCCNC(=O)OC(C)(C)C.I. The Labute approximate surface area is 204 Å². The van der Waals surface area contributed by atoms with Gasteiger partial charge in [-0.15, -0.1) is 24.0 Å². The van der Waals surface area contributed by atoms with Gasteiger partial charge in [-0.05, 0) is 52.5 Å². The van der Waals surface area contributed by atoms with Gasteiger partial charge in [-0.1, -0.05) is 30.3 Å². The second-order valence-electron chi connectivity index (χ2n) is 8.53. The van der Waals surface area contributed by atoms with Crippen LogP contribution in [0.25, 0.3) is 0 Å². The van der Waals surface area contributed by atoms with Crippen LogP contribution in [0.15, 0.2) is 35.3 Å². The Morgan fingerprint density at radius 2 is 1.87 bits per heavy atom. The lowest BCUT2D eigenvalue weighted by Gasteiger charge is -2.31. The first-order valence-electron chi connectivity index (χ1n) is 11.0. The van der Waals surface area contributed by atoms with Gasteiger partial charge in [0.05, 0.1) is 6.10 Å². The van der Waals surface area contributed by atoms with E-state index in [4.69, 9.17) is 14.5 Å². The van der Waals surface area contributed by atoms with Crippen molar-refractivity contribution in [1.29, 1.82) is 0 Å². The lowest BCUT2D eigenvalue weighted by molar-refractivity contribution is -0.0250. The Morgan fingerprint density at radius 1 is 1.16 bits per heavy atom. The van der Waals surface area contributed by atoms with Crippen molar-refractivity contribution in [3.8, 4) is 0 Å². The number of amides is 1. The first-order chi connectivity index (χ1) is 14.4. The third kappa shape index (κ3) is 11.0. The van der Waals surface area contributed by atoms with Gasteiger partial charge in [-0.3, -0.25) is 4.99 Å². The molecule has 2 unspecified atom stereocenters. The number of alkyl carbamates (subject to hydrolysis) is 1. The average Bonchev–Trinajstić information content (AvgIpc) is 2.71. The number of carbonyl (C=O) groups excluding carboxylic acids is 1. The van der Waals surface area contributed by atoms with Gasteiger partial charge in [0, 0.05) is 38.7 Å². The lowest BCUT2D eigenvalue weighted by atomic mass is 9.89. The minimum Gasteiger partial charge on any atom is -0.444 e. The second-order valence-corrected chi connectivity index (χ2v) is 8.53. The number of hydrogen-bond donors (Lipinski definition) is 3. The molecule has 0 bridgehead atoms. The maximum Gasteiger partial charge on any atom is 0.407 e. The lowest BCUT2D eigenvalue weighted by Crippen LogP contribution is -2.40. The molecule has 0 spiro atoms. The van der Waals surface area contributed by atoms with Crippen molar-refractivity contribution in [3.63, 3.8) is 0 Å². The fourth-order valence-corrected chi connectivity index (χ4v) is 3.39. The molecular formula is C23H39IN4O3. The quantitative estimate of drug-likeness (QED) is 0.197. The molecule has 1 saturated heterocycles. The van der Waals surface area contributed by atoms with Crippen LogP contribution in [-0.4, -0.2) is 50.4 Å². The highest BCUT2D eigenvalue weighted by Gasteiger charge is 2.27. The van der Waals surface area contributed by atoms with Crippen LogP contribution < -0.4 is 16.0 Å². The maximum atomic E-state index is 11.7. The number of guanidine groups is 1. The normalized spacial score (nSPS) is 19.2. The minimum atomic E-state index is -0.479. The molecule has 1 amide bonds. The fraction of sp³-hybridized carbons (Fsp3) is 0.652. The topological polar surface area (TPSA) is 84.0 Å². The van der Waals surface area contributed by atoms with Crippen molar-refractivity contribution in [2.24, 2.45) is 10.9 Å². The summed E-state index contributed by atoms with van der Waals surface area (Å²) in [6.45, 7) is 11.2. The van der Waals surface area contributed by atoms with Crippen LogP contribution in [0.5, 0.6) is 0 Å².